The minimum atomic E-state index is -0.936. The van der Waals surface area contributed by atoms with Gasteiger partial charge in [-0.05, 0) is 54.3 Å². The minimum Gasteiger partial charge on any atom is -0.478 e. The van der Waals surface area contributed by atoms with Crippen LogP contribution in [0.15, 0.2) is 48.5 Å². The molecule has 0 aliphatic heterocycles. The Hall–Kier alpha value is -2.29. The van der Waals surface area contributed by atoms with E-state index in [1.807, 2.05) is 12.1 Å². The maximum atomic E-state index is 10.8. The van der Waals surface area contributed by atoms with Gasteiger partial charge in [0, 0.05) is 0 Å². The highest BCUT2D eigenvalue weighted by atomic mass is 16.5. The number of benzene rings is 2. The van der Waals surface area contributed by atoms with Crippen LogP contribution in [0.5, 0.6) is 11.5 Å². The molecule has 1 N–H and O–H groups in total. The molecule has 0 saturated heterocycles. The van der Waals surface area contributed by atoms with Crippen molar-refractivity contribution in [1.29, 1.82) is 0 Å². The average Bonchev–Trinajstić information content (AvgIpc) is 2.41. The summed E-state index contributed by atoms with van der Waals surface area (Å²) in [5.41, 5.74) is 1.54. The molecule has 0 bridgehead atoms. The van der Waals surface area contributed by atoms with E-state index in [0.717, 1.165) is 12.2 Å². The fourth-order valence-corrected chi connectivity index (χ4v) is 1.97. The number of hydrogen-bond donors (Lipinski definition) is 1. The predicted molar refractivity (Wildman–Crippen MR) is 78.5 cm³/mol. The van der Waals surface area contributed by atoms with Crippen LogP contribution in [0.25, 0.3) is 0 Å². The van der Waals surface area contributed by atoms with Gasteiger partial charge in [0.25, 0.3) is 0 Å². The van der Waals surface area contributed by atoms with Crippen LogP contribution in [-0.2, 0) is 6.42 Å². The van der Waals surface area contributed by atoms with Crippen molar-refractivity contribution in [3.05, 3.63) is 59.7 Å². The topological polar surface area (TPSA) is 46.5 Å². The van der Waals surface area contributed by atoms with E-state index in [1.54, 1.807) is 12.1 Å². The molecule has 3 nitrogen and oxygen atoms in total. The number of aromatic carboxylic acids is 1. The van der Waals surface area contributed by atoms with Crippen molar-refractivity contribution in [3.8, 4) is 11.5 Å². The number of hydrogen-bond acceptors (Lipinski definition) is 2. The SMILES string of the molecule is CC(C)Cc1ccc(Oc2ccc(C(=O)O)cc2)cc1. The van der Waals surface area contributed by atoms with Gasteiger partial charge in [0.2, 0.25) is 0 Å². The van der Waals surface area contributed by atoms with Gasteiger partial charge in [-0.15, -0.1) is 0 Å². The van der Waals surface area contributed by atoms with E-state index in [4.69, 9.17) is 9.84 Å². The van der Waals surface area contributed by atoms with Gasteiger partial charge in [0.1, 0.15) is 11.5 Å². The van der Waals surface area contributed by atoms with E-state index in [0.29, 0.717) is 11.7 Å². The van der Waals surface area contributed by atoms with Gasteiger partial charge in [0.05, 0.1) is 5.56 Å². The van der Waals surface area contributed by atoms with E-state index in [1.165, 1.54) is 17.7 Å². The van der Waals surface area contributed by atoms with Crippen LogP contribution in [0.2, 0.25) is 0 Å². The lowest BCUT2D eigenvalue weighted by Crippen LogP contribution is -1.95. The first-order valence-corrected chi connectivity index (χ1v) is 6.65. The molecule has 3 heteroatoms. The number of carboxylic acids is 1. The van der Waals surface area contributed by atoms with Crippen molar-refractivity contribution in [3.63, 3.8) is 0 Å². The van der Waals surface area contributed by atoms with Gasteiger partial charge in [-0.25, -0.2) is 4.79 Å². The Morgan fingerprint density at radius 3 is 1.95 bits per heavy atom. The zero-order valence-electron chi connectivity index (χ0n) is 11.7. The molecule has 0 amide bonds. The summed E-state index contributed by atoms with van der Waals surface area (Å²) >= 11 is 0. The van der Waals surface area contributed by atoms with Crippen LogP contribution >= 0.6 is 0 Å². The molecule has 20 heavy (non-hydrogen) atoms. The maximum absolute atomic E-state index is 10.8. The molecule has 0 aliphatic rings. The molecule has 0 heterocycles. The number of carbonyl (C=O) groups is 1. The Kier molecular flexibility index (Phi) is 4.41. The van der Waals surface area contributed by atoms with Crippen molar-refractivity contribution in [2.45, 2.75) is 20.3 Å². The van der Waals surface area contributed by atoms with Gasteiger partial charge in [-0.2, -0.15) is 0 Å². The second kappa shape index (κ2) is 6.24. The van der Waals surface area contributed by atoms with Gasteiger partial charge in [0.15, 0.2) is 0 Å². The highest BCUT2D eigenvalue weighted by molar-refractivity contribution is 5.87. The van der Waals surface area contributed by atoms with Crippen LogP contribution in [0, 0.1) is 5.92 Å². The molecule has 0 aromatic heterocycles. The molecule has 2 rings (SSSR count). The van der Waals surface area contributed by atoms with Gasteiger partial charge >= 0.3 is 5.97 Å². The number of rotatable bonds is 5. The summed E-state index contributed by atoms with van der Waals surface area (Å²) in [6.07, 6.45) is 1.05. The first-order valence-electron chi connectivity index (χ1n) is 6.65. The molecule has 0 fully saturated rings. The van der Waals surface area contributed by atoms with E-state index < -0.39 is 5.97 Å². The Labute approximate surface area is 118 Å². The lowest BCUT2D eigenvalue weighted by molar-refractivity contribution is 0.0697. The van der Waals surface area contributed by atoms with E-state index in [2.05, 4.69) is 26.0 Å². The van der Waals surface area contributed by atoms with Gasteiger partial charge in [-0.3, -0.25) is 0 Å². The lowest BCUT2D eigenvalue weighted by Gasteiger charge is -2.08. The molecule has 0 aliphatic carbocycles. The van der Waals surface area contributed by atoms with Crippen molar-refractivity contribution in [2.75, 3.05) is 0 Å². The van der Waals surface area contributed by atoms with Crippen molar-refractivity contribution >= 4 is 5.97 Å². The van der Waals surface area contributed by atoms with Crippen LogP contribution in [-0.4, -0.2) is 11.1 Å². The molecule has 0 radical (unpaired) electrons. The molecule has 2 aromatic rings. The fraction of sp³-hybridized carbons (Fsp3) is 0.235. The van der Waals surface area contributed by atoms with Gasteiger partial charge in [-0.1, -0.05) is 26.0 Å². The zero-order chi connectivity index (χ0) is 14.5. The van der Waals surface area contributed by atoms with Crippen molar-refractivity contribution in [2.24, 2.45) is 5.92 Å². The molecule has 0 atom stereocenters. The highest BCUT2D eigenvalue weighted by Gasteiger charge is 2.03. The lowest BCUT2D eigenvalue weighted by atomic mass is 10.0. The Morgan fingerprint density at radius 2 is 1.50 bits per heavy atom. The van der Waals surface area contributed by atoms with E-state index >= 15 is 0 Å². The minimum absolute atomic E-state index is 0.254. The monoisotopic (exact) mass is 270 g/mol. The standard InChI is InChI=1S/C17H18O3/c1-12(2)11-13-3-7-15(8-4-13)20-16-9-5-14(6-10-16)17(18)19/h3-10,12H,11H2,1-2H3,(H,18,19). The summed E-state index contributed by atoms with van der Waals surface area (Å²) in [6, 6.07) is 14.4. The molecule has 0 spiro atoms. The van der Waals surface area contributed by atoms with Crippen LogP contribution in [0.1, 0.15) is 29.8 Å². The first-order chi connectivity index (χ1) is 9.54. The number of ether oxygens (including phenoxy) is 1. The predicted octanol–water partition coefficient (Wildman–Crippen LogP) is 4.38. The summed E-state index contributed by atoms with van der Waals surface area (Å²) < 4.78 is 5.68. The molecule has 0 saturated carbocycles. The summed E-state index contributed by atoms with van der Waals surface area (Å²) in [6.45, 7) is 4.38. The third kappa shape index (κ3) is 3.85. The molecular weight excluding hydrogens is 252 g/mol. The molecular formula is C17H18O3. The summed E-state index contributed by atoms with van der Waals surface area (Å²) in [5, 5.41) is 8.83. The zero-order valence-corrected chi connectivity index (χ0v) is 11.7. The number of carboxylic acid groups (broad SMARTS) is 1. The van der Waals surface area contributed by atoms with Crippen molar-refractivity contribution in [1.82, 2.24) is 0 Å². The van der Waals surface area contributed by atoms with Crippen LogP contribution < -0.4 is 4.74 Å². The normalized spacial score (nSPS) is 10.6. The van der Waals surface area contributed by atoms with Gasteiger partial charge < -0.3 is 9.84 Å². The Bertz CT molecular complexity index is 568. The molecule has 2 aromatic carbocycles. The van der Waals surface area contributed by atoms with Crippen LogP contribution in [0.4, 0.5) is 0 Å². The third-order valence-corrected chi connectivity index (χ3v) is 2.90. The summed E-state index contributed by atoms with van der Waals surface area (Å²) in [5.74, 6) is 1.08. The molecule has 104 valence electrons. The summed E-state index contributed by atoms with van der Waals surface area (Å²) in [4.78, 5) is 10.8. The second-order valence-corrected chi connectivity index (χ2v) is 5.17. The quantitative estimate of drug-likeness (QED) is 0.877. The van der Waals surface area contributed by atoms with E-state index in [-0.39, 0.29) is 5.56 Å². The third-order valence-electron chi connectivity index (χ3n) is 2.90. The Balaban J connectivity index is 2.04. The average molecular weight is 270 g/mol. The summed E-state index contributed by atoms with van der Waals surface area (Å²) in [7, 11) is 0. The second-order valence-electron chi connectivity index (χ2n) is 5.17. The molecule has 0 unspecified atom stereocenters. The first kappa shape index (κ1) is 14.1. The van der Waals surface area contributed by atoms with Crippen molar-refractivity contribution < 1.29 is 14.6 Å². The van der Waals surface area contributed by atoms with E-state index in [9.17, 15) is 4.79 Å². The Morgan fingerprint density at radius 1 is 1.00 bits per heavy atom. The smallest absolute Gasteiger partial charge is 0.335 e. The largest absolute Gasteiger partial charge is 0.478 e. The van der Waals surface area contributed by atoms with Crippen LogP contribution in [0.3, 0.4) is 0 Å². The maximum Gasteiger partial charge on any atom is 0.335 e. The fourth-order valence-electron chi connectivity index (χ4n) is 1.97. The highest BCUT2D eigenvalue weighted by Crippen LogP contribution is 2.22.